The third-order valence-corrected chi connectivity index (χ3v) is 3.11. The molecule has 3 nitrogen and oxygen atoms in total. The monoisotopic (exact) mass is 311 g/mol. The van der Waals surface area contributed by atoms with Crippen LogP contribution in [-0.2, 0) is 7.05 Å². The number of aryl methyl sites for hydroxylation is 1. The van der Waals surface area contributed by atoms with Gasteiger partial charge in [-0.3, -0.25) is 4.68 Å². The Bertz CT molecular complexity index is 519. The molecule has 0 saturated carbocycles. The number of benzene rings is 1. The van der Waals surface area contributed by atoms with E-state index in [1.165, 1.54) is 12.1 Å². The van der Waals surface area contributed by atoms with E-state index in [1.54, 1.807) is 4.68 Å². The fraction of sp³-hybridized carbons (Fsp3) is 0.308. The number of nitrogens with zero attached hydrogens (tertiary/aromatic N) is 2. The lowest BCUT2D eigenvalue weighted by molar-refractivity contribution is 0.585. The van der Waals surface area contributed by atoms with E-state index in [2.05, 4.69) is 26.3 Å². The maximum atomic E-state index is 13.5. The lowest BCUT2D eigenvalue weighted by Crippen LogP contribution is -2.22. The van der Waals surface area contributed by atoms with Crippen LogP contribution in [0.4, 0.5) is 4.39 Å². The lowest BCUT2D eigenvalue weighted by atomic mass is 10.0. The topological polar surface area (TPSA) is 29.9 Å². The molecule has 18 heavy (non-hydrogen) atoms. The fourth-order valence-electron chi connectivity index (χ4n) is 1.93. The Morgan fingerprint density at radius 3 is 2.78 bits per heavy atom. The molecule has 0 aliphatic carbocycles. The van der Waals surface area contributed by atoms with E-state index in [0.29, 0.717) is 0 Å². The molecule has 2 rings (SSSR count). The Balaban J connectivity index is 2.40. The first-order valence-electron chi connectivity index (χ1n) is 5.79. The van der Waals surface area contributed by atoms with Crippen LogP contribution < -0.4 is 5.32 Å². The summed E-state index contributed by atoms with van der Waals surface area (Å²) in [6.45, 7) is 2.81. The van der Waals surface area contributed by atoms with Crippen molar-refractivity contribution in [2.45, 2.75) is 13.0 Å². The Labute approximate surface area is 114 Å². The highest BCUT2D eigenvalue weighted by atomic mass is 79.9. The van der Waals surface area contributed by atoms with Crippen molar-refractivity contribution < 1.29 is 4.39 Å². The fourth-order valence-corrected chi connectivity index (χ4v) is 2.41. The minimum Gasteiger partial charge on any atom is -0.305 e. The maximum absolute atomic E-state index is 13.5. The van der Waals surface area contributed by atoms with Gasteiger partial charge in [-0.15, -0.1) is 0 Å². The van der Waals surface area contributed by atoms with Crippen molar-refractivity contribution in [3.05, 3.63) is 52.0 Å². The van der Waals surface area contributed by atoms with Crippen LogP contribution in [0.1, 0.15) is 24.2 Å². The molecule has 2 aromatic rings. The zero-order valence-electron chi connectivity index (χ0n) is 10.3. The summed E-state index contributed by atoms with van der Waals surface area (Å²) in [5, 5.41) is 7.70. The van der Waals surface area contributed by atoms with Crippen LogP contribution in [0.15, 0.2) is 34.9 Å². The molecule has 0 amide bonds. The quantitative estimate of drug-likeness (QED) is 0.940. The highest BCUT2D eigenvalue weighted by Gasteiger charge is 2.16. The van der Waals surface area contributed by atoms with Crippen LogP contribution in [0.2, 0.25) is 0 Å². The van der Waals surface area contributed by atoms with E-state index in [4.69, 9.17) is 0 Å². The summed E-state index contributed by atoms with van der Waals surface area (Å²) in [4.78, 5) is 0. The van der Waals surface area contributed by atoms with Gasteiger partial charge in [-0.05, 0) is 36.4 Å². The molecular formula is C13H15BrFN3. The van der Waals surface area contributed by atoms with E-state index in [9.17, 15) is 4.39 Å². The first-order valence-corrected chi connectivity index (χ1v) is 6.58. The maximum Gasteiger partial charge on any atom is 0.124 e. The van der Waals surface area contributed by atoms with E-state index >= 15 is 0 Å². The summed E-state index contributed by atoms with van der Waals surface area (Å²) in [7, 11) is 1.87. The van der Waals surface area contributed by atoms with Gasteiger partial charge in [-0.25, -0.2) is 4.39 Å². The molecule has 5 heteroatoms. The molecule has 1 atom stereocenters. The van der Waals surface area contributed by atoms with Gasteiger partial charge in [0.15, 0.2) is 0 Å². The highest BCUT2D eigenvalue weighted by Crippen LogP contribution is 2.24. The van der Waals surface area contributed by atoms with Crippen molar-refractivity contribution in [1.82, 2.24) is 15.1 Å². The third kappa shape index (κ3) is 2.97. The molecule has 1 heterocycles. The zero-order valence-corrected chi connectivity index (χ0v) is 11.9. The van der Waals surface area contributed by atoms with Gasteiger partial charge in [0.2, 0.25) is 0 Å². The molecule has 0 spiro atoms. The minimum absolute atomic E-state index is 0.0943. The van der Waals surface area contributed by atoms with Gasteiger partial charge in [0.1, 0.15) is 5.82 Å². The Morgan fingerprint density at radius 2 is 2.22 bits per heavy atom. The first kappa shape index (κ1) is 13.2. The molecule has 1 aromatic carbocycles. The van der Waals surface area contributed by atoms with Crippen molar-refractivity contribution in [3.8, 4) is 0 Å². The van der Waals surface area contributed by atoms with Crippen molar-refractivity contribution in [2.24, 2.45) is 7.05 Å². The molecule has 1 N–H and O–H groups in total. The normalized spacial score (nSPS) is 12.7. The summed E-state index contributed by atoms with van der Waals surface area (Å²) in [5.74, 6) is -0.252. The Morgan fingerprint density at radius 1 is 1.44 bits per heavy atom. The number of halogens is 2. The number of aromatic nitrogens is 2. The second kappa shape index (κ2) is 5.63. The number of hydrogen-bond donors (Lipinski definition) is 1. The largest absolute Gasteiger partial charge is 0.305 e. The van der Waals surface area contributed by atoms with Gasteiger partial charge >= 0.3 is 0 Å². The second-order valence-corrected chi connectivity index (χ2v) is 5.02. The molecule has 0 aliphatic rings. The van der Waals surface area contributed by atoms with Gasteiger partial charge in [0.25, 0.3) is 0 Å². The molecule has 0 fully saturated rings. The lowest BCUT2D eigenvalue weighted by Gasteiger charge is -2.16. The number of nitrogens with one attached hydrogen (secondary N) is 1. The summed E-state index contributed by atoms with van der Waals surface area (Å²) in [6, 6.07) is 6.73. The molecule has 0 radical (unpaired) electrons. The van der Waals surface area contributed by atoms with E-state index < -0.39 is 0 Å². The average Bonchev–Trinajstić information content (AvgIpc) is 2.71. The van der Waals surface area contributed by atoms with Gasteiger partial charge in [0, 0.05) is 17.7 Å². The molecule has 0 bridgehead atoms. The SMILES string of the molecule is CCNC(c1cc(F)cc(Br)c1)c1ccn(C)n1. The highest BCUT2D eigenvalue weighted by molar-refractivity contribution is 9.10. The standard InChI is InChI=1S/C13H15BrFN3/c1-3-16-13(12-4-5-18(2)17-12)9-6-10(14)8-11(15)7-9/h4-8,13,16H,3H2,1-2H3. The van der Waals surface area contributed by atoms with Crippen LogP contribution in [-0.4, -0.2) is 16.3 Å². The molecule has 1 unspecified atom stereocenters. The van der Waals surface area contributed by atoms with Crippen molar-refractivity contribution >= 4 is 15.9 Å². The van der Waals surface area contributed by atoms with Gasteiger partial charge in [-0.1, -0.05) is 22.9 Å². The van der Waals surface area contributed by atoms with E-state index in [1.807, 2.05) is 32.3 Å². The summed E-state index contributed by atoms with van der Waals surface area (Å²) >= 11 is 3.32. The number of hydrogen-bond acceptors (Lipinski definition) is 2. The van der Waals surface area contributed by atoms with E-state index in [-0.39, 0.29) is 11.9 Å². The van der Waals surface area contributed by atoms with E-state index in [0.717, 1.165) is 22.3 Å². The zero-order chi connectivity index (χ0) is 13.1. The molecular weight excluding hydrogens is 297 g/mol. The summed E-state index contributed by atoms with van der Waals surface area (Å²) < 4.78 is 15.9. The predicted octanol–water partition coefficient (Wildman–Crippen LogP) is 3.02. The van der Waals surface area contributed by atoms with Crippen molar-refractivity contribution in [2.75, 3.05) is 6.54 Å². The van der Waals surface area contributed by atoms with Crippen LogP contribution in [0.5, 0.6) is 0 Å². The average molecular weight is 312 g/mol. The Kier molecular flexibility index (Phi) is 4.14. The predicted molar refractivity (Wildman–Crippen MR) is 72.8 cm³/mol. The van der Waals surface area contributed by atoms with Gasteiger partial charge in [0.05, 0.1) is 11.7 Å². The smallest absolute Gasteiger partial charge is 0.124 e. The molecule has 0 aliphatic heterocycles. The molecule has 96 valence electrons. The van der Waals surface area contributed by atoms with Crippen LogP contribution in [0, 0.1) is 5.82 Å². The second-order valence-electron chi connectivity index (χ2n) is 4.11. The van der Waals surface area contributed by atoms with Gasteiger partial charge in [-0.2, -0.15) is 5.10 Å². The van der Waals surface area contributed by atoms with Crippen LogP contribution >= 0.6 is 15.9 Å². The summed E-state index contributed by atoms with van der Waals surface area (Å²) in [6.07, 6.45) is 1.88. The minimum atomic E-state index is -0.252. The van der Waals surface area contributed by atoms with Crippen LogP contribution in [0.3, 0.4) is 0 Å². The van der Waals surface area contributed by atoms with Gasteiger partial charge < -0.3 is 5.32 Å². The third-order valence-electron chi connectivity index (χ3n) is 2.66. The number of rotatable bonds is 4. The molecule has 1 aromatic heterocycles. The Hall–Kier alpha value is -1.20. The van der Waals surface area contributed by atoms with Crippen molar-refractivity contribution in [3.63, 3.8) is 0 Å². The van der Waals surface area contributed by atoms with Crippen molar-refractivity contribution in [1.29, 1.82) is 0 Å². The first-order chi connectivity index (χ1) is 8.60. The molecule has 0 saturated heterocycles. The van der Waals surface area contributed by atoms with Crippen LogP contribution in [0.25, 0.3) is 0 Å². The summed E-state index contributed by atoms with van der Waals surface area (Å²) in [5.41, 5.74) is 1.75.